The minimum Gasteiger partial charge on any atom is -0.455 e. The fourth-order valence-electron chi connectivity index (χ4n) is 2.15. The van der Waals surface area contributed by atoms with Crippen LogP contribution in [0, 0.1) is 0 Å². The molecule has 0 heterocycles. The third-order valence-electron chi connectivity index (χ3n) is 3.29. The van der Waals surface area contributed by atoms with Crippen molar-refractivity contribution in [2.75, 3.05) is 25.0 Å². The van der Waals surface area contributed by atoms with E-state index >= 15 is 0 Å². The zero-order chi connectivity index (χ0) is 18.1. The third kappa shape index (κ3) is 5.69. The molecule has 0 saturated carbocycles. The van der Waals surface area contributed by atoms with Gasteiger partial charge in [0.2, 0.25) is 5.91 Å². The average molecular weight is 339 g/mol. The molecule has 0 unspecified atom stereocenters. The third-order valence-corrected chi connectivity index (χ3v) is 3.29. The monoisotopic (exact) mass is 339 g/mol. The van der Waals surface area contributed by atoms with E-state index in [0.717, 1.165) is 5.69 Å². The van der Waals surface area contributed by atoms with Crippen molar-refractivity contribution < 1.29 is 14.3 Å². The van der Waals surface area contributed by atoms with Crippen molar-refractivity contribution in [2.45, 2.75) is 0 Å². The van der Waals surface area contributed by atoms with E-state index in [1.165, 1.54) is 6.08 Å². The summed E-state index contributed by atoms with van der Waals surface area (Å²) in [6, 6.07) is 16.2. The zero-order valence-corrected chi connectivity index (χ0v) is 14.1. The van der Waals surface area contributed by atoms with Crippen molar-refractivity contribution in [3.8, 4) is 11.5 Å². The Morgan fingerprint density at radius 1 is 1.12 bits per heavy atom. The number of hydrogen-bond acceptors (Lipinski definition) is 4. The first kappa shape index (κ1) is 18.1. The van der Waals surface area contributed by atoms with Gasteiger partial charge in [0, 0.05) is 13.6 Å². The number of rotatable bonds is 7. The smallest absolute Gasteiger partial charge is 0.321 e. The molecule has 0 radical (unpaired) electrons. The highest BCUT2D eigenvalue weighted by atomic mass is 16.5. The number of para-hydroxylation sites is 3. The number of anilines is 1. The SMILES string of the molecule is C=CCNC(=O)NC(=O)CN(C)c1ccccc1Oc1ccccc1. The molecule has 2 aromatic rings. The Morgan fingerprint density at radius 3 is 2.52 bits per heavy atom. The quantitative estimate of drug-likeness (QED) is 0.761. The summed E-state index contributed by atoms with van der Waals surface area (Å²) < 4.78 is 5.88. The van der Waals surface area contributed by atoms with Crippen LogP contribution in [0.2, 0.25) is 0 Å². The zero-order valence-electron chi connectivity index (χ0n) is 14.1. The number of nitrogens with one attached hydrogen (secondary N) is 2. The fraction of sp³-hybridized carbons (Fsp3) is 0.158. The van der Waals surface area contributed by atoms with E-state index < -0.39 is 11.9 Å². The molecule has 25 heavy (non-hydrogen) atoms. The summed E-state index contributed by atoms with van der Waals surface area (Å²) >= 11 is 0. The van der Waals surface area contributed by atoms with E-state index in [4.69, 9.17) is 4.74 Å². The molecule has 130 valence electrons. The summed E-state index contributed by atoms with van der Waals surface area (Å²) in [5.74, 6) is 0.912. The van der Waals surface area contributed by atoms with E-state index in [0.29, 0.717) is 18.0 Å². The van der Waals surface area contributed by atoms with Gasteiger partial charge >= 0.3 is 6.03 Å². The minimum absolute atomic E-state index is 0.0106. The summed E-state index contributed by atoms with van der Waals surface area (Å²) in [6.07, 6.45) is 1.54. The van der Waals surface area contributed by atoms with Crippen LogP contribution in [0.25, 0.3) is 0 Å². The molecular weight excluding hydrogens is 318 g/mol. The average Bonchev–Trinajstić information content (AvgIpc) is 2.61. The lowest BCUT2D eigenvalue weighted by atomic mass is 10.2. The van der Waals surface area contributed by atoms with E-state index in [-0.39, 0.29) is 6.54 Å². The summed E-state index contributed by atoms with van der Waals surface area (Å²) in [6.45, 7) is 3.80. The van der Waals surface area contributed by atoms with Gasteiger partial charge in [0.25, 0.3) is 0 Å². The van der Waals surface area contributed by atoms with Crippen molar-refractivity contribution in [1.29, 1.82) is 0 Å². The van der Waals surface area contributed by atoms with Gasteiger partial charge in [-0.2, -0.15) is 0 Å². The molecule has 2 N–H and O–H groups in total. The highest BCUT2D eigenvalue weighted by Gasteiger charge is 2.14. The summed E-state index contributed by atoms with van der Waals surface area (Å²) in [5, 5.41) is 4.75. The molecule has 0 aliphatic carbocycles. The standard InChI is InChI=1S/C19H21N3O3/c1-3-13-20-19(24)21-18(23)14-22(2)16-11-7-8-12-17(16)25-15-9-5-4-6-10-15/h3-12H,1,13-14H2,2H3,(H2,20,21,23,24). The molecule has 0 saturated heterocycles. The van der Waals surface area contributed by atoms with E-state index in [2.05, 4.69) is 17.2 Å². The van der Waals surface area contributed by atoms with Crippen molar-refractivity contribution >= 4 is 17.6 Å². The van der Waals surface area contributed by atoms with E-state index in [1.54, 1.807) is 11.9 Å². The molecule has 0 bridgehead atoms. The minimum atomic E-state index is -0.549. The first-order valence-corrected chi connectivity index (χ1v) is 7.82. The Balaban J connectivity index is 2.01. The number of nitrogens with zero attached hydrogens (tertiary/aromatic N) is 1. The number of imide groups is 1. The van der Waals surface area contributed by atoms with Crippen molar-refractivity contribution in [2.24, 2.45) is 0 Å². The number of likely N-dealkylation sites (N-methyl/N-ethyl adjacent to an activating group) is 1. The van der Waals surface area contributed by atoms with Gasteiger partial charge in [-0.15, -0.1) is 6.58 Å². The number of urea groups is 1. The van der Waals surface area contributed by atoms with Crippen molar-refractivity contribution in [3.05, 3.63) is 67.3 Å². The second-order valence-electron chi connectivity index (χ2n) is 5.29. The van der Waals surface area contributed by atoms with Gasteiger partial charge in [-0.25, -0.2) is 4.79 Å². The van der Waals surface area contributed by atoms with Gasteiger partial charge < -0.3 is 15.0 Å². The summed E-state index contributed by atoms with van der Waals surface area (Å²) in [5.41, 5.74) is 0.744. The molecule has 0 atom stereocenters. The lowest BCUT2D eigenvalue weighted by Gasteiger charge is -2.21. The Kier molecular flexibility index (Phi) is 6.59. The predicted molar refractivity (Wildman–Crippen MR) is 98.0 cm³/mol. The second-order valence-corrected chi connectivity index (χ2v) is 5.29. The lowest BCUT2D eigenvalue weighted by molar-refractivity contribution is -0.118. The first-order valence-electron chi connectivity index (χ1n) is 7.82. The number of hydrogen-bond donors (Lipinski definition) is 2. The molecule has 2 aromatic carbocycles. The molecule has 0 aromatic heterocycles. The molecule has 0 aliphatic rings. The van der Waals surface area contributed by atoms with Crippen LogP contribution in [-0.2, 0) is 4.79 Å². The summed E-state index contributed by atoms with van der Waals surface area (Å²) in [4.78, 5) is 25.2. The second kappa shape index (κ2) is 9.12. The molecule has 0 aliphatic heterocycles. The normalized spacial score (nSPS) is 9.80. The van der Waals surface area contributed by atoms with Crippen LogP contribution in [0.4, 0.5) is 10.5 Å². The van der Waals surface area contributed by atoms with Gasteiger partial charge in [0.15, 0.2) is 5.75 Å². The number of ether oxygens (including phenoxy) is 1. The molecule has 0 fully saturated rings. The van der Waals surface area contributed by atoms with Gasteiger partial charge in [-0.3, -0.25) is 10.1 Å². The highest BCUT2D eigenvalue weighted by molar-refractivity contribution is 5.96. The number of carbonyl (C=O) groups is 2. The number of amides is 3. The predicted octanol–water partition coefficient (Wildman–Crippen LogP) is 2.93. The Morgan fingerprint density at radius 2 is 1.80 bits per heavy atom. The van der Waals surface area contributed by atoms with Gasteiger partial charge in [-0.05, 0) is 24.3 Å². The van der Waals surface area contributed by atoms with Crippen LogP contribution in [0.15, 0.2) is 67.3 Å². The van der Waals surface area contributed by atoms with E-state index in [1.807, 2.05) is 54.6 Å². The summed E-state index contributed by atoms with van der Waals surface area (Å²) in [7, 11) is 1.76. The number of carbonyl (C=O) groups excluding carboxylic acids is 2. The molecule has 0 spiro atoms. The maximum Gasteiger partial charge on any atom is 0.321 e. The Bertz CT molecular complexity index is 732. The highest BCUT2D eigenvalue weighted by Crippen LogP contribution is 2.31. The van der Waals surface area contributed by atoms with Crippen LogP contribution in [0.3, 0.4) is 0 Å². The maximum atomic E-state index is 12.0. The lowest BCUT2D eigenvalue weighted by Crippen LogP contribution is -2.43. The van der Waals surface area contributed by atoms with Gasteiger partial charge in [-0.1, -0.05) is 36.4 Å². The van der Waals surface area contributed by atoms with E-state index in [9.17, 15) is 9.59 Å². The molecule has 3 amide bonds. The van der Waals surface area contributed by atoms with Crippen LogP contribution in [0.5, 0.6) is 11.5 Å². The van der Waals surface area contributed by atoms with Gasteiger partial charge in [0.1, 0.15) is 5.75 Å². The molecule has 6 heteroatoms. The van der Waals surface area contributed by atoms with Crippen molar-refractivity contribution in [3.63, 3.8) is 0 Å². The van der Waals surface area contributed by atoms with Crippen LogP contribution in [-0.4, -0.2) is 32.1 Å². The van der Waals surface area contributed by atoms with Gasteiger partial charge in [0.05, 0.1) is 12.2 Å². The molecule has 6 nitrogen and oxygen atoms in total. The van der Waals surface area contributed by atoms with Crippen LogP contribution in [0.1, 0.15) is 0 Å². The van der Waals surface area contributed by atoms with Crippen LogP contribution >= 0.6 is 0 Å². The topological polar surface area (TPSA) is 70.7 Å². The fourth-order valence-corrected chi connectivity index (χ4v) is 2.15. The molecular formula is C19H21N3O3. The Labute approximate surface area is 147 Å². The number of benzene rings is 2. The largest absolute Gasteiger partial charge is 0.455 e. The first-order chi connectivity index (χ1) is 12.1. The maximum absolute atomic E-state index is 12.0. The van der Waals surface area contributed by atoms with Crippen LogP contribution < -0.4 is 20.3 Å². The molecule has 2 rings (SSSR count). The Hall–Kier alpha value is -3.28. The van der Waals surface area contributed by atoms with Crippen molar-refractivity contribution in [1.82, 2.24) is 10.6 Å².